The molecule has 9 nitrogen and oxygen atoms in total. The summed E-state index contributed by atoms with van der Waals surface area (Å²) in [6.45, 7) is 11.0. The highest BCUT2D eigenvalue weighted by Crippen LogP contribution is 2.74. The fourth-order valence-corrected chi connectivity index (χ4v) is 10.4. The zero-order valence-electron chi connectivity index (χ0n) is 24.4. The molecule has 11 atom stereocenters. The number of allylic oxidation sites excluding steroid dienone is 2. The second-order valence-electron chi connectivity index (χ2n) is 13.8. The molecule has 2 saturated heterocycles. The predicted octanol–water partition coefficient (Wildman–Crippen LogP) is 2.83. The molecule has 0 radical (unpaired) electrons. The van der Waals surface area contributed by atoms with Crippen molar-refractivity contribution in [2.24, 2.45) is 34.5 Å². The molecule has 5 fully saturated rings. The van der Waals surface area contributed by atoms with Crippen molar-refractivity contribution in [1.82, 2.24) is 0 Å². The fourth-order valence-electron chi connectivity index (χ4n) is 10.4. The first-order valence-electron chi connectivity index (χ1n) is 14.9. The molecule has 2 bridgehead atoms. The highest BCUT2D eigenvalue weighted by atomic mass is 16.6. The van der Waals surface area contributed by atoms with E-state index in [1.165, 1.54) is 0 Å². The number of carbonyl (C=O) groups is 4. The summed E-state index contributed by atoms with van der Waals surface area (Å²) in [6.07, 6.45) is 2.79. The summed E-state index contributed by atoms with van der Waals surface area (Å²) in [5.74, 6) is -4.95. The SMILES string of the molecule is CCO[C@@]1(C)C2C[C@](C)([C@@H](C)C(=O)O2)C23OC(=O)C2(O)C2CC(=O)C4=CCCC(=O)[C@]4(C)C2CC[C@@](O)(CC)C31. The Kier molecular flexibility index (Phi) is 5.79. The second-order valence-corrected chi connectivity index (χ2v) is 13.8. The van der Waals surface area contributed by atoms with Gasteiger partial charge in [0.2, 0.25) is 5.60 Å². The average molecular weight is 559 g/mol. The summed E-state index contributed by atoms with van der Waals surface area (Å²) in [4.78, 5) is 54.6. The lowest BCUT2D eigenvalue weighted by Crippen LogP contribution is -2.93. The molecule has 9 heteroatoms. The highest BCUT2D eigenvalue weighted by Gasteiger charge is 2.90. The lowest BCUT2D eigenvalue weighted by atomic mass is 9.35. The Morgan fingerprint density at radius 1 is 1.07 bits per heavy atom. The maximum absolute atomic E-state index is 13.8. The molecular formula is C31H42O9. The molecule has 40 heavy (non-hydrogen) atoms. The lowest BCUT2D eigenvalue weighted by molar-refractivity contribution is -0.416. The topological polar surface area (TPSA) is 136 Å². The molecule has 3 saturated carbocycles. The maximum atomic E-state index is 13.8. The number of carbonyl (C=O) groups excluding carboxylic acids is 4. The number of hydrogen-bond donors (Lipinski definition) is 2. The Labute approximate surface area is 235 Å². The van der Waals surface area contributed by atoms with Crippen LogP contribution in [-0.2, 0) is 33.4 Å². The molecule has 220 valence electrons. The van der Waals surface area contributed by atoms with Crippen molar-refractivity contribution in [3.05, 3.63) is 11.6 Å². The van der Waals surface area contributed by atoms with E-state index in [1.807, 2.05) is 26.8 Å². The van der Waals surface area contributed by atoms with Crippen molar-refractivity contribution in [3.63, 3.8) is 0 Å². The molecule has 6 rings (SSSR count). The molecule has 0 aromatic carbocycles. The Morgan fingerprint density at radius 3 is 2.40 bits per heavy atom. The molecule has 2 heterocycles. The van der Waals surface area contributed by atoms with E-state index in [0.717, 1.165) is 0 Å². The van der Waals surface area contributed by atoms with Gasteiger partial charge >= 0.3 is 11.9 Å². The van der Waals surface area contributed by atoms with Crippen molar-refractivity contribution in [2.75, 3.05) is 6.61 Å². The van der Waals surface area contributed by atoms with Crippen LogP contribution in [0.3, 0.4) is 0 Å². The van der Waals surface area contributed by atoms with E-state index in [0.29, 0.717) is 18.4 Å². The van der Waals surface area contributed by atoms with Gasteiger partial charge in [0.25, 0.3) is 0 Å². The fraction of sp³-hybridized carbons (Fsp3) is 0.806. The normalized spacial score (nSPS) is 53.3. The van der Waals surface area contributed by atoms with Crippen molar-refractivity contribution in [1.29, 1.82) is 0 Å². The van der Waals surface area contributed by atoms with Gasteiger partial charge in [0, 0.05) is 36.4 Å². The summed E-state index contributed by atoms with van der Waals surface area (Å²) in [6, 6.07) is 0. The third-order valence-corrected chi connectivity index (χ3v) is 12.6. The second kappa shape index (κ2) is 8.26. The number of esters is 2. The van der Waals surface area contributed by atoms with Gasteiger partial charge in [0.1, 0.15) is 17.5 Å². The van der Waals surface area contributed by atoms with Gasteiger partial charge in [0.15, 0.2) is 11.4 Å². The first kappa shape index (κ1) is 28.0. The molecule has 6 aliphatic rings. The molecule has 0 amide bonds. The van der Waals surface area contributed by atoms with E-state index >= 15 is 0 Å². The van der Waals surface area contributed by atoms with Crippen LogP contribution in [0.15, 0.2) is 11.6 Å². The number of Topliss-reactive ketones (excluding diaryl/α,β-unsaturated/α-hetero) is 2. The Morgan fingerprint density at radius 2 is 1.77 bits per heavy atom. The Bertz CT molecular complexity index is 1240. The van der Waals surface area contributed by atoms with Crippen molar-refractivity contribution in [3.8, 4) is 0 Å². The zero-order valence-corrected chi connectivity index (χ0v) is 24.4. The molecule has 1 spiro atoms. The summed E-state index contributed by atoms with van der Waals surface area (Å²) in [7, 11) is 0. The third kappa shape index (κ3) is 2.80. The van der Waals surface area contributed by atoms with E-state index in [9.17, 15) is 29.4 Å². The van der Waals surface area contributed by atoms with E-state index in [4.69, 9.17) is 14.2 Å². The molecule has 2 N–H and O–H groups in total. The van der Waals surface area contributed by atoms with Crippen LogP contribution in [0.2, 0.25) is 0 Å². The van der Waals surface area contributed by atoms with Gasteiger partial charge in [-0.3, -0.25) is 14.4 Å². The minimum atomic E-state index is -2.24. The number of hydrogen-bond acceptors (Lipinski definition) is 9. The van der Waals surface area contributed by atoms with Crippen LogP contribution >= 0.6 is 0 Å². The quantitative estimate of drug-likeness (QED) is 0.501. The summed E-state index contributed by atoms with van der Waals surface area (Å²) < 4.78 is 18.6. The zero-order chi connectivity index (χ0) is 29.3. The van der Waals surface area contributed by atoms with Gasteiger partial charge in [-0.2, -0.15) is 0 Å². The summed E-state index contributed by atoms with van der Waals surface area (Å²) >= 11 is 0. The smallest absolute Gasteiger partial charge is 0.343 e. The van der Waals surface area contributed by atoms with Crippen LogP contribution in [0.25, 0.3) is 0 Å². The van der Waals surface area contributed by atoms with E-state index < -0.39 is 74.9 Å². The van der Waals surface area contributed by atoms with Crippen molar-refractivity contribution in [2.45, 2.75) is 115 Å². The Hall–Kier alpha value is -2.10. The van der Waals surface area contributed by atoms with E-state index in [1.54, 1.807) is 20.8 Å². The van der Waals surface area contributed by atoms with Crippen LogP contribution in [0, 0.1) is 34.5 Å². The van der Waals surface area contributed by atoms with Gasteiger partial charge in [-0.15, -0.1) is 0 Å². The molecule has 4 aliphatic carbocycles. The van der Waals surface area contributed by atoms with Crippen molar-refractivity contribution < 1.29 is 43.6 Å². The van der Waals surface area contributed by atoms with Crippen LogP contribution in [0.1, 0.15) is 86.5 Å². The van der Waals surface area contributed by atoms with Gasteiger partial charge in [-0.05, 0) is 58.8 Å². The first-order valence-corrected chi connectivity index (χ1v) is 14.9. The standard InChI is InChI=1S/C31H42O9/c1-7-29(36)13-12-17-19(14-20(32)18-10-9-11-21(33)27(17,18)5)30(37)25(35)40-31(30)24(29)28(6,38-8-2)22-15-26(31,4)16(3)23(34)39-22/h10,16-17,19,22,24,36-37H,7-9,11-15H2,1-6H3/t16-,17?,19?,22?,24?,26+,27+,28-,29-,30?,31?/m0/s1. The molecule has 0 aromatic rings. The molecule has 0 aromatic heterocycles. The van der Waals surface area contributed by atoms with Crippen LogP contribution in [0.4, 0.5) is 0 Å². The third-order valence-electron chi connectivity index (χ3n) is 12.6. The number of rotatable bonds is 3. The summed E-state index contributed by atoms with van der Waals surface area (Å²) in [5, 5.41) is 25.7. The number of aliphatic hydroxyl groups is 2. The Balaban J connectivity index is 1.67. The molecule has 6 unspecified atom stereocenters. The van der Waals surface area contributed by atoms with E-state index in [2.05, 4.69) is 0 Å². The first-order chi connectivity index (χ1) is 18.6. The largest absolute Gasteiger partial charge is 0.459 e. The molecule has 2 aliphatic heterocycles. The van der Waals surface area contributed by atoms with Crippen LogP contribution in [-0.4, -0.2) is 68.8 Å². The highest BCUT2D eigenvalue weighted by molar-refractivity contribution is 6.07. The number of fused-ring (bicyclic) bond motifs is 6. The van der Waals surface area contributed by atoms with E-state index in [-0.39, 0.29) is 50.3 Å². The molecular weight excluding hydrogens is 516 g/mol. The van der Waals surface area contributed by atoms with Gasteiger partial charge < -0.3 is 24.4 Å². The maximum Gasteiger partial charge on any atom is 0.343 e. The number of ketones is 2. The lowest BCUT2D eigenvalue weighted by Gasteiger charge is -2.76. The predicted molar refractivity (Wildman–Crippen MR) is 141 cm³/mol. The number of ether oxygens (including phenoxy) is 3. The van der Waals surface area contributed by atoms with Gasteiger partial charge in [-0.25, -0.2) is 4.79 Å². The minimum absolute atomic E-state index is 0.0840. The minimum Gasteiger partial charge on any atom is -0.459 e. The van der Waals surface area contributed by atoms with Crippen LogP contribution < -0.4 is 0 Å². The monoisotopic (exact) mass is 558 g/mol. The summed E-state index contributed by atoms with van der Waals surface area (Å²) in [5.41, 5.74) is -8.69. The average Bonchev–Trinajstić information content (AvgIpc) is 2.90. The van der Waals surface area contributed by atoms with Gasteiger partial charge in [-0.1, -0.05) is 26.8 Å². The van der Waals surface area contributed by atoms with Crippen molar-refractivity contribution >= 4 is 23.5 Å². The van der Waals surface area contributed by atoms with Gasteiger partial charge in [0.05, 0.1) is 22.9 Å². The van der Waals surface area contributed by atoms with Crippen LogP contribution in [0.5, 0.6) is 0 Å².